The third kappa shape index (κ3) is 3.35. The number of carbonyl (C=O) groups excluding carboxylic acids is 1. The van der Waals surface area contributed by atoms with Crippen molar-refractivity contribution in [2.45, 2.75) is 45.8 Å². The number of thiophene rings is 2. The van der Waals surface area contributed by atoms with Crippen LogP contribution in [0.25, 0.3) is 21.0 Å². The van der Waals surface area contributed by atoms with E-state index in [9.17, 15) is 9.59 Å². The van der Waals surface area contributed by atoms with Crippen LogP contribution in [0.1, 0.15) is 46.1 Å². The fourth-order valence-corrected chi connectivity index (χ4v) is 5.34. The number of fused-ring (bicyclic) bond motifs is 2. The van der Waals surface area contributed by atoms with E-state index >= 15 is 0 Å². The van der Waals surface area contributed by atoms with Crippen LogP contribution in [0.4, 0.5) is 0 Å². The average Bonchev–Trinajstić information content (AvgIpc) is 3.44. The minimum atomic E-state index is -0.516. The molecule has 1 aliphatic rings. The molecule has 0 fully saturated rings. The molecule has 0 saturated carbocycles. The quantitative estimate of drug-likeness (QED) is 0.441. The van der Waals surface area contributed by atoms with E-state index in [-0.39, 0.29) is 18.0 Å². The van der Waals surface area contributed by atoms with Crippen molar-refractivity contribution >= 4 is 38.9 Å². The van der Waals surface area contributed by atoms with Crippen LogP contribution < -0.4 is 5.56 Å². The Labute approximate surface area is 179 Å². The molecule has 8 nitrogen and oxygen atoms in total. The van der Waals surface area contributed by atoms with E-state index in [4.69, 9.17) is 9.26 Å². The molecular formula is C20H18N4O4S2. The highest BCUT2D eigenvalue weighted by Gasteiger charge is 2.23. The van der Waals surface area contributed by atoms with Crippen molar-refractivity contribution in [1.82, 2.24) is 19.7 Å². The van der Waals surface area contributed by atoms with Crippen LogP contribution in [0, 0.1) is 6.92 Å². The Hall–Kier alpha value is -2.85. The predicted molar refractivity (Wildman–Crippen MR) is 113 cm³/mol. The maximum absolute atomic E-state index is 13.0. The Balaban J connectivity index is 1.39. The highest BCUT2D eigenvalue weighted by molar-refractivity contribution is 7.20. The summed E-state index contributed by atoms with van der Waals surface area (Å²) in [4.78, 5) is 36.5. The molecule has 4 aromatic heterocycles. The first kappa shape index (κ1) is 19.1. The highest BCUT2D eigenvalue weighted by Crippen LogP contribution is 2.29. The van der Waals surface area contributed by atoms with E-state index < -0.39 is 5.97 Å². The summed E-state index contributed by atoms with van der Waals surface area (Å²) in [7, 11) is 0. The number of rotatable bonds is 4. The minimum Gasteiger partial charge on any atom is -0.453 e. The van der Waals surface area contributed by atoms with Gasteiger partial charge in [0.05, 0.1) is 10.3 Å². The number of hydrogen-bond acceptors (Lipinski definition) is 9. The van der Waals surface area contributed by atoms with Gasteiger partial charge in [-0.15, -0.1) is 22.7 Å². The number of aryl methyl sites for hydroxylation is 2. The van der Waals surface area contributed by atoms with E-state index in [2.05, 4.69) is 15.1 Å². The maximum atomic E-state index is 13.0. The summed E-state index contributed by atoms with van der Waals surface area (Å²) in [5, 5.41) is 6.29. The molecule has 154 valence electrons. The lowest BCUT2D eigenvalue weighted by atomic mass is 10.2. The molecule has 0 saturated heterocycles. The van der Waals surface area contributed by atoms with Gasteiger partial charge in [-0.1, -0.05) is 17.6 Å². The monoisotopic (exact) mass is 442 g/mol. The van der Waals surface area contributed by atoms with Crippen molar-refractivity contribution in [3.63, 3.8) is 0 Å². The van der Waals surface area contributed by atoms with Gasteiger partial charge in [-0.05, 0) is 36.8 Å². The zero-order valence-corrected chi connectivity index (χ0v) is 17.8. The Morgan fingerprint density at radius 3 is 3.03 bits per heavy atom. The van der Waals surface area contributed by atoms with E-state index in [1.165, 1.54) is 22.7 Å². The summed E-state index contributed by atoms with van der Waals surface area (Å²) in [6, 6.07) is 3.77. The van der Waals surface area contributed by atoms with Gasteiger partial charge in [0.25, 0.3) is 11.4 Å². The minimum absolute atomic E-state index is 0.0662. The Bertz CT molecular complexity index is 1290. The van der Waals surface area contributed by atoms with Gasteiger partial charge in [-0.25, -0.2) is 9.78 Å². The van der Waals surface area contributed by atoms with Crippen LogP contribution in [-0.4, -0.2) is 25.7 Å². The molecule has 5 rings (SSSR count). The van der Waals surface area contributed by atoms with Gasteiger partial charge in [-0.3, -0.25) is 9.36 Å². The van der Waals surface area contributed by atoms with Crippen molar-refractivity contribution in [3.05, 3.63) is 50.0 Å². The topological polar surface area (TPSA) is 100 Å². The van der Waals surface area contributed by atoms with Gasteiger partial charge in [0.1, 0.15) is 15.5 Å². The number of ether oxygens (including phenoxy) is 1. The van der Waals surface area contributed by atoms with Crippen LogP contribution in [0.5, 0.6) is 0 Å². The SMILES string of the molecule is Cc1c(C(=O)OCc2noc(-c3cccs3)n2)sc2nc3n(c(=O)c12)CCCCC3. The normalized spacial score (nSPS) is 13.9. The summed E-state index contributed by atoms with van der Waals surface area (Å²) in [5.74, 6) is 0.972. The predicted octanol–water partition coefficient (Wildman–Crippen LogP) is 3.96. The van der Waals surface area contributed by atoms with Gasteiger partial charge in [-0.2, -0.15) is 4.98 Å². The number of esters is 1. The van der Waals surface area contributed by atoms with Crippen LogP contribution >= 0.6 is 22.7 Å². The molecule has 0 atom stereocenters. The lowest BCUT2D eigenvalue weighted by Crippen LogP contribution is -2.24. The average molecular weight is 443 g/mol. The Kier molecular flexibility index (Phi) is 4.95. The summed E-state index contributed by atoms with van der Waals surface area (Å²) >= 11 is 2.69. The molecule has 0 aliphatic carbocycles. The third-order valence-corrected chi connectivity index (χ3v) is 7.15. The van der Waals surface area contributed by atoms with E-state index in [0.717, 1.165) is 36.4 Å². The van der Waals surface area contributed by atoms with Gasteiger partial charge in [0.15, 0.2) is 6.61 Å². The first-order valence-electron chi connectivity index (χ1n) is 9.68. The summed E-state index contributed by atoms with van der Waals surface area (Å²) in [6.07, 6.45) is 3.87. The second-order valence-corrected chi connectivity index (χ2v) is 9.05. The number of hydrogen-bond donors (Lipinski definition) is 0. The van der Waals surface area contributed by atoms with Gasteiger partial charge in [0, 0.05) is 13.0 Å². The van der Waals surface area contributed by atoms with Gasteiger partial charge in [0.2, 0.25) is 5.82 Å². The molecule has 0 aromatic carbocycles. The molecule has 0 spiro atoms. The molecule has 0 unspecified atom stereocenters. The van der Waals surface area contributed by atoms with Crippen LogP contribution in [0.3, 0.4) is 0 Å². The van der Waals surface area contributed by atoms with E-state index in [1.54, 1.807) is 11.5 Å². The summed E-state index contributed by atoms with van der Waals surface area (Å²) < 4.78 is 12.4. The zero-order valence-electron chi connectivity index (χ0n) is 16.2. The fourth-order valence-electron chi connectivity index (χ4n) is 3.61. The second kappa shape index (κ2) is 7.77. The summed E-state index contributed by atoms with van der Waals surface area (Å²) in [5.41, 5.74) is 0.549. The lowest BCUT2D eigenvalue weighted by Gasteiger charge is -2.08. The highest BCUT2D eigenvalue weighted by atomic mass is 32.1. The van der Waals surface area contributed by atoms with E-state index in [1.807, 2.05) is 17.5 Å². The maximum Gasteiger partial charge on any atom is 0.349 e. The molecule has 0 radical (unpaired) electrons. The third-order valence-electron chi connectivity index (χ3n) is 5.13. The number of carbonyl (C=O) groups is 1. The number of nitrogens with zero attached hydrogens (tertiary/aromatic N) is 4. The van der Waals surface area contributed by atoms with Crippen molar-refractivity contribution < 1.29 is 14.1 Å². The first-order chi connectivity index (χ1) is 14.6. The van der Waals surface area contributed by atoms with Crippen LogP contribution in [0.15, 0.2) is 26.8 Å². The molecule has 10 heteroatoms. The molecule has 5 heterocycles. The molecule has 0 bridgehead atoms. The Morgan fingerprint density at radius 2 is 2.20 bits per heavy atom. The molecule has 0 amide bonds. The van der Waals surface area contributed by atoms with Crippen molar-refractivity contribution in [1.29, 1.82) is 0 Å². The number of aromatic nitrogens is 4. The Morgan fingerprint density at radius 1 is 1.30 bits per heavy atom. The fraction of sp³-hybridized carbons (Fsp3) is 0.350. The van der Waals surface area contributed by atoms with Gasteiger partial charge >= 0.3 is 5.97 Å². The van der Waals surface area contributed by atoms with E-state index in [0.29, 0.717) is 33.1 Å². The van der Waals surface area contributed by atoms with Crippen LogP contribution in [-0.2, 0) is 24.3 Å². The molecule has 1 aliphatic heterocycles. The molecule has 30 heavy (non-hydrogen) atoms. The largest absolute Gasteiger partial charge is 0.453 e. The van der Waals surface area contributed by atoms with Gasteiger partial charge < -0.3 is 9.26 Å². The lowest BCUT2D eigenvalue weighted by molar-refractivity contribution is 0.0465. The smallest absolute Gasteiger partial charge is 0.349 e. The molecule has 0 N–H and O–H groups in total. The van der Waals surface area contributed by atoms with Crippen LogP contribution in [0.2, 0.25) is 0 Å². The summed E-state index contributed by atoms with van der Waals surface area (Å²) in [6.45, 7) is 2.34. The second-order valence-electron chi connectivity index (χ2n) is 7.10. The standard InChI is InChI=1S/C20H18N4O4S2/c1-11-15-18(22-14-7-3-2-4-8-24(14)19(15)25)30-16(11)20(26)27-10-13-21-17(28-23-13)12-6-5-9-29-12/h5-6,9H,2-4,7-8,10H2,1H3. The van der Waals surface area contributed by atoms with Crippen molar-refractivity contribution in [2.75, 3.05) is 0 Å². The molecular weight excluding hydrogens is 424 g/mol. The van der Waals surface area contributed by atoms with Crippen molar-refractivity contribution in [2.24, 2.45) is 0 Å². The first-order valence-corrected chi connectivity index (χ1v) is 11.4. The van der Waals surface area contributed by atoms with Crippen molar-refractivity contribution in [3.8, 4) is 10.8 Å². The zero-order chi connectivity index (χ0) is 20.7. The molecule has 4 aromatic rings.